The molecule has 0 aliphatic carbocycles. The van der Waals surface area contributed by atoms with E-state index in [-0.39, 0.29) is 16.3 Å². The van der Waals surface area contributed by atoms with Crippen LogP contribution < -0.4 is 10.1 Å². The Bertz CT molecular complexity index is 760. The normalized spacial score (nSPS) is 11.8. The van der Waals surface area contributed by atoms with Crippen LogP contribution in [0.5, 0.6) is 5.75 Å². The maximum atomic E-state index is 13.7. The smallest absolute Gasteiger partial charge is 0.283 e. The molecule has 0 spiro atoms. The number of thiophene rings is 1. The van der Waals surface area contributed by atoms with E-state index in [1.165, 1.54) is 25.3 Å². The zero-order valence-corrected chi connectivity index (χ0v) is 13.6. The first-order valence-electron chi connectivity index (χ1n) is 6.72. The van der Waals surface area contributed by atoms with E-state index in [9.17, 15) is 19.3 Å². The lowest BCUT2D eigenvalue weighted by Gasteiger charge is -2.14. The summed E-state index contributed by atoms with van der Waals surface area (Å²) in [5.74, 6) is -0.833. The number of hydrogen-bond donors (Lipinski definition) is 1. The maximum Gasteiger partial charge on any atom is 0.283 e. The fraction of sp³-hybridized carbons (Fsp3) is 0.267. The minimum Gasteiger partial charge on any atom is -0.494 e. The van der Waals surface area contributed by atoms with Crippen LogP contribution in [-0.2, 0) is 0 Å². The fourth-order valence-electron chi connectivity index (χ4n) is 2.07. The highest BCUT2D eigenvalue weighted by Gasteiger charge is 2.21. The van der Waals surface area contributed by atoms with Crippen molar-refractivity contribution in [1.82, 2.24) is 5.32 Å². The van der Waals surface area contributed by atoms with Gasteiger partial charge >= 0.3 is 0 Å². The summed E-state index contributed by atoms with van der Waals surface area (Å²) in [6.07, 6.45) is 0. The summed E-state index contributed by atoms with van der Waals surface area (Å²) in [5.41, 5.74) is 0.489. The Morgan fingerprint density at radius 3 is 2.65 bits per heavy atom. The Kier molecular flexibility index (Phi) is 4.95. The van der Waals surface area contributed by atoms with Crippen LogP contribution in [0.15, 0.2) is 24.3 Å². The van der Waals surface area contributed by atoms with Crippen molar-refractivity contribution < 1.29 is 18.8 Å². The highest BCUT2D eigenvalue weighted by Crippen LogP contribution is 2.28. The summed E-state index contributed by atoms with van der Waals surface area (Å²) in [5, 5.41) is 13.5. The number of benzene rings is 1. The topological polar surface area (TPSA) is 81.5 Å². The van der Waals surface area contributed by atoms with Gasteiger partial charge in [-0.15, -0.1) is 11.3 Å². The molecule has 0 saturated carbocycles. The highest BCUT2D eigenvalue weighted by atomic mass is 32.1. The van der Waals surface area contributed by atoms with Gasteiger partial charge in [-0.25, -0.2) is 4.39 Å². The number of carbonyl (C=O) groups excluding carboxylic acids is 1. The van der Waals surface area contributed by atoms with Crippen LogP contribution in [0.25, 0.3) is 0 Å². The van der Waals surface area contributed by atoms with Gasteiger partial charge in [0, 0.05) is 6.07 Å². The number of rotatable bonds is 5. The van der Waals surface area contributed by atoms with E-state index in [0.717, 1.165) is 11.3 Å². The van der Waals surface area contributed by atoms with E-state index in [1.807, 2.05) is 0 Å². The van der Waals surface area contributed by atoms with E-state index >= 15 is 0 Å². The predicted molar refractivity (Wildman–Crippen MR) is 84.5 cm³/mol. The first-order chi connectivity index (χ1) is 10.8. The quantitative estimate of drug-likeness (QED) is 0.667. The van der Waals surface area contributed by atoms with E-state index in [2.05, 4.69) is 5.32 Å². The molecular formula is C15H15FN2O4S. The Hall–Kier alpha value is -2.48. The molecule has 0 aliphatic heterocycles. The van der Waals surface area contributed by atoms with Crippen molar-refractivity contribution in [2.75, 3.05) is 7.11 Å². The first kappa shape index (κ1) is 16.9. The van der Waals surface area contributed by atoms with Gasteiger partial charge in [0.15, 0.2) is 11.6 Å². The molecule has 0 bridgehead atoms. The molecule has 1 aromatic carbocycles. The molecule has 6 nitrogen and oxygen atoms in total. The van der Waals surface area contributed by atoms with E-state index in [0.29, 0.717) is 10.4 Å². The molecule has 1 atom stereocenters. The van der Waals surface area contributed by atoms with Crippen molar-refractivity contribution in [3.05, 3.63) is 55.5 Å². The number of ether oxygens (including phenoxy) is 1. The second-order valence-corrected chi connectivity index (χ2v) is 6.15. The van der Waals surface area contributed by atoms with Gasteiger partial charge in [-0.2, -0.15) is 0 Å². The van der Waals surface area contributed by atoms with E-state index < -0.39 is 22.7 Å². The number of nitrogens with one attached hydrogen (secondary N) is 1. The van der Waals surface area contributed by atoms with Crippen LogP contribution >= 0.6 is 11.3 Å². The molecule has 0 saturated heterocycles. The number of hydrogen-bond acceptors (Lipinski definition) is 5. The van der Waals surface area contributed by atoms with Gasteiger partial charge in [-0.05, 0) is 31.5 Å². The van der Waals surface area contributed by atoms with Gasteiger partial charge in [-0.1, -0.05) is 6.07 Å². The minimum absolute atomic E-state index is 0.0803. The number of aryl methyl sites for hydroxylation is 1. The molecule has 0 aliphatic rings. The second kappa shape index (κ2) is 6.74. The van der Waals surface area contributed by atoms with Crippen LogP contribution in [0.1, 0.15) is 33.1 Å². The Morgan fingerprint density at radius 1 is 1.43 bits per heavy atom. The zero-order chi connectivity index (χ0) is 17.1. The molecule has 1 unspecified atom stereocenters. The lowest BCUT2D eigenvalue weighted by atomic mass is 10.1. The van der Waals surface area contributed by atoms with Crippen molar-refractivity contribution >= 4 is 22.9 Å². The lowest BCUT2D eigenvalue weighted by Crippen LogP contribution is -2.26. The fourth-order valence-corrected chi connectivity index (χ4v) is 2.96. The molecule has 23 heavy (non-hydrogen) atoms. The molecular weight excluding hydrogens is 323 g/mol. The SMILES string of the molecule is COc1ccc(C(C)NC(=O)c2cc([N+](=O)[O-])c(C)s2)cc1F. The van der Waals surface area contributed by atoms with Gasteiger partial charge in [0.05, 0.1) is 27.8 Å². The number of halogens is 1. The van der Waals surface area contributed by atoms with Crippen LogP contribution in [-0.4, -0.2) is 17.9 Å². The Balaban J connectivity index is 2.15. The summed E-state index contributed by atoms with van der Waals surface area (Å²) in [6, 6.07) is 5.20. The highest BCUT2D eigenvalue weighted by molar-refractivity contribution is 7.14. The number of nitro groups is 1. The van der Waals surface area contributed by atoms with Gasteiger partial charge < -0.3 is 10.1 Å². The maximum absolute atomic E-state index is 13.7. The molecule has 122 valence electrons. The van der Waals surface area contributed by atoms with Crippen molar-refractivity contribution in [1.29, 1.82) is 0 Å². The molecule has 1 heterocycles. The van der Waals surface area contributed by atoms with Crippen molar-refractivity contribution in [3.8, 4) is 5.75 Å². The summed E-state index contributed by atoms with van der Waals surface area (Å²) in [6.45, 7) is 3.29. The van der Waals surface area contributed by atoms with Gasteiger partial charge in [0.25, 0.3) is 11.6 Å². The van der Waals surface area contributed by atoms with Crippen molar-refractivity contribution in [2.45, 2.75) is 19.9 Å². The van der Waals surface area contributed by atoms with Crippen molar-refractivity contribution in [3.63, 3.8) is 0 Å². The summed E-state index contributed by atoms with van der Waals surface area (Å²) in [4.78, 5) is 23.2. The average Bonchev–Trinajstić information content (AvgIpc) is 2.89. The van der Waals surface area contributed by atoms with Crippen LogP contribution in [0, 0.1) is 22.9 Å². The standard InChI is InChI=1S/C15H15FN2O4S/c1-8(10-4-5-13(22-3)11(16)6-10)17-15(19)14-7-12(18(20)21)9(2)23-14/h4-8H,1-3H3,(H,17,19). The molecule has 2 aromatic rings. The minimum atomic E-state index is -0.523. The average molecular weight is 338 g/mol. The summed E-state index contributed by atoms with van der Waals surface area (Å²) < 4.78 is 18.5. The van der Waals surface area contributed by atoms with Gasteiger partial charge in [0.2, 0.25) is 0 Å². The molecule has 1 N–H and O–H groups in total. The largest absolute Gasteiger partial charge is 0.494 e. The zero-order valence-electron chi connectivity index (χ0n) is 12.8. The van der Waals surface area contributed by atoms with Crippen LogP contribution in [0.2, 0.25) is 0 Å². The predicted octanol–water partition coefficient (Wildman–Crippen LogP) is 3.60. The molecule has 0 radical (unpaired) electrons. The molecule has 1 aromatic heterocycles. The van der Waals surface area contributed by atoms with Crippen molar-refractivity contribution in [2.24, 2.45) is 0 Å². The van der Waals surface area contributed by atoms with E-state index in [4.69, 9.17) is 4.74 Å². The monoisotopic (exact) mass is 338 g/mol. The third-order valence-corrected chi connectivity index (χ3v) is 4.37. The number of methoxy groups -OCH3 is 1. The summed E-state index contributed by atoms with van der Waals surface area (Å²) >= 11 is 1.05. The molecule has 0 fully saturated rings. The molecule has 2 rings (SSSR count). The first-order valence-corrected chi connectivity index (χ1v) is 7.54. The third-order valence-electron chi connectivity index (χ3n) is 3.34. The van der Waals surface area contributed by atoms with E-state index in [1.54, 1.807) is 19.9 Å². The lowest BCUT2D eigenvalue weighted by molar-refractivity contribution is -0.385. The van der Waals surface area contributed by atoms with Gasteiger partial charge in [-0.3, -0.25) is 14.9 Å². The number of nitrogens with zero attached hydrogens (tertiary/aromatic N) is 1. The number of amides is 1. The number of carbonyl (C=O) groups is 1. The van der Waals surface area contributed by atoms with Crippen LogP contribution in [0.3, 0.4) is 0 Å². The summed E-state index contributed by atoms with van der Waals surface area (Å²) in [7, 11) is 1.37. The molecule has 8 heteroatoms. The van der Waals surface area contributed by atoms with Gasteiger partial charge in [0.1, 0.15) is 0 Å². The third kappa shape index (κ3) is 3.65. The Morgan fingerprint density at radius 2 is 2.13 bits per heavy atom. The molecule has 1 amide bonds. The second-order valence-electron chi connectivity index (χ2n) is 4.90. The Labute approximate surface area is 136 Å². The van der Waals surface area contributed by atoms with Crippen LogP contribution in [0.4, 0.5) is 10.1 Å².